The number of nitrogens with zero attached hydrogens (tertiary/aromatic N) is 4. The van der Waals surface area contributed by atoms with E-state index in [0.29, 0.717) is 6.54 Å². The fourth-order valence-corrected chi connectivity index (χ4v) is 3.25. The third-order valence-electron chi connectivity index (χ3n) is 4.61. The predicted octanol–water partition coefficient (Wildman–Crippen LogP) is 1.49. The van der Waals surface area contributed by atoms with Crippen molar-refractivity contribution >= 4 is 11.8 Å². The zero-order chi connectivity index (χ0) is 16.0. The number of methoxy groups -OCH3 is 1. The molecule has 1 N–H and O–H groups in total. The number of rotatable bonds is 5. The number of ether oxygens (including phenoxy) is 1. The van der Waals surface area contributed by atoms with Gasteiger partial charge in [0.2, 0.25) is 5.88 Å². The molecule has 120 valence electrons. The summed E-state index contributed by atoms with van der Waals surface area (Å²) in [6.07, 6.45) is 4.68. The minimum Gasteiger partial charge on any atom is -0.479 e. The third-order valence-corrected chi connectivity index (χ3v) is 4.61. The number of hydrogen-bond donors (Lipinski definition) is 1. The standard InChI is InChI=1S/C16H18N4O3/c1-23-15-13(16(21)22)9-20(18-15)6-10-2-3-14(17-5-10)19-7-11-4-12(11)8-19/h2-3,5,9,11-12H,4,6-8H2,1H3,(H,21,22). The fraction of sp³-hybridized carbons (Fsp3) is 0.438. The number of carboxylic acids is 1. The van der Waals surface area contributed by atoms with Gasteiger partial charge in [0.1, 0.15) is 11.4 Å². The Balaban J connectivity index is 1.47. The van der Waals surface area contributed by atoms with Crippen LogP contribution in [0.2, 0.25) is 0 Å². The van der Waals surface area contributed by atoms with Crippen molar-refractivity contribution < 1.29 is 14.6 Å². The van der Waals surface area contributed by atoms with E-state index in [1.807, 2.05) is 18.3 Å². The molecule has 2 fully saturated rings. The van der Waals surface area contributed by atoms with Crippen molar-refractivity contribution in [2.75, 3.05) is 25.1 Å². The molecule has 1 aliphatic heterocycles. The predicted molar refractivity (Wildman–Crippen MR) is 82.9 cm³/mol. The van der Waals surface area contributed by atoms with Gasteiger partial charge in [0, 0.05) is 25.5 Å². The molecule has 0 bridgehead atoms. The maximum atomic E-state index is 11.1. The van der Waals surface area contributed by atoms with Gasteiger partial charge in [-0.15, -0.1) is 5.10 Å². The highest BCUT2D eigenvalue weighted by molar-refractivity contribution is 5.89. The van der Waals surface area contributed by atoms with Crippen LogP contribution in [0.15, 0.2) is 24.5 Å². The molecule has 2 atom stereocenters. The number of carbonyl (C=O) groups is 1. The Bertz CT molecular complexity index is 730. The molecule has 7 heteroatoms. The lowest BCUT2D eigenvalue weighted by molar-refractivity contribution is 0.0693. The van der Waals surface area contributed by atoms with Crippen LogP contribution >= 0.6 is 0 Å². The summed E-state index contributed by atoms with van der Waals surface area (Å²) in [7, 11) is 1.41. The fourth-order valence-electron chi connectivity index (χ4n) is 3.25. The molecule has 2 aromatic rings. The van der Waals surface area contributed by atoms with E-state index in [0.717, 1.165) is 36.3 Å². The molecule has 0 amide bonds. The summed E-state index contributed by atoms with van der Waals surface area (Å²) in [4.78, 5) is 18.0. The second kappa shape index (κ2) is 5.26. The van der Waals surface area contributed by atoms with E-state index < -0.39 is 5.97 Å². The Morgan fingerprint density at radius 3 is 2.74 bits per heavy atom. The van der Waals surface area contributed by atoms with Gasteiger partial charge >= 0.3 is 5.97 Å². The lowest BCUT2D eigenvalue weighted by Crippen LogP contribution is -2.22. The van der Waals surface area contributed by atoms with Crippen LogP contribution in [0, 0.1) is 11.8 Å². The zero-order valence-corrected chi connectivity index (χ0v) is 12.8. The van der Waals surface area contributed by atoms with Crippen molar-refractivity contribution in [3.63, 3.8) is 0 Å². The van der Waals surface area contributed by atoms with Crippen LogP contribution in [0.4, 0.5) is 5.82 Å². The van der Waals surface area contributed by atoms with Crippen molar-refractivity contribution in [1.82, 2.24) is 14.8 Å². The minimum absolute atomic E-state index is 0.0633. The smallest absolute Gasteiger partial charge is 0.342 e. The Labute approximate surface area is 133 Å². The van der Waals surface area contributed by atoms with Crippen molar-refractivity contribution in [1.29, 1.82) is 0 Å². The minimum atomic E-state index is -1.05. The van der Waals surface area contributed by atoms with Crippen LogP contribution in [-0.4, -0.2) is 46.0 Å². The number of fused-ring (bicyclic) bond motifs is 1. The highest BCUT2D eigenvalue weighted by Crippen LogP contribution is 2.45. The lowest BCUT2D eigenvalue weighted by atomic mass is 10.2. The quantitative estimate of drug-likeness (QED) is 0.900. The average molecular weight is 314 g/mol. The van der Waals surface area contributed by atoms with Crippen molar-refractivity contribution in [2.45, 2.75) is 13.0 Å². The van der Waals surface area contributed by atoms with Crippen LogP contribution in [0.25, 0.3) is 0 Å². The second-order valence-electron chi connectivity index (χ2n) is 6.24. The molecule has 2 unspecified atom stereocenters. The highest BCUT2D eigenvalue weighted by atomic mass is 16.5. The Kier molecular flexibility index (Phi) is 3.21. The van der Waals surface area contributed by atoms with Gasteiger partial charge in [0.15, 0.2) is 0 Å². The summed E-state index contributed by atoms with van der Waals surface area (Å²) in [5, 5.41) is 13.2. The summed E-state index contributed by atoms with van der Waals surface area (Å²) >= 11 is 0. The van der Waals surface area contributed by atoms with Gasteiger partial charge in [-0.25, -0.2) is 9.78 Å². The first-order valence-electron chi connectivity index (χ1n) is 7.68. The molecular formula is C16H18N4O3. The van der Waals surface area contributed by atoms with Crippen molar-refractivity contribution in [3.8, 4) is 5.88 Å². The molecule has 1 aliphatic carbocycles. The van der Waals surface area contributed by atoms with Gasteiger partial charge in [-0.3, -0.25) is 4.68 Å². The van der Waals surface area contributed by atoms with E-state index in [1.165, 1.54) is 19.7 Å². The van der Waals surface area contributed by atoms with Crippen molar-refractivity contribution in [2.24, 2.45) is 11.8 Å². The van der Waals surface area contributed by atoms with E-state index in [2.05, 4.69) is 15.0 Å². The number of aromatic carboxylic acids is 1. The van der Waals surface area contributed by atoms with Crippen LogP contribution in [0.3, 0.4) is 0 Å². The number of piperidine rings is 1. The summed E-state index contributed by atoms with van der Waals surface area (Å²) in [5.41, 5.74) is 1.04. The monoisotopic (exact) mass is 314 g/mol. The van der Waals surface area contributed by atoms with Gasteiger partial charge < -0.3 is 14.7 Å². The molecule has 7 nitrogen and oxygen atoms in total. The molecule has 4 rings (SSSR count). The molecule has 1 saturated carbocycles. The van der Waals surface area contributed by atoms with E-state index in [4.69, 9.17) is 9.84 Å². The molecule has 0 aromatic carbocycles. The number of anilines is 1. The van der Waals surface area contributed by atoms with E-state index in [9.17, 15) is 4.79 Å². The summed E-state index contributed by atoms with van der Waals surface area (Å²) in [6, 6.07) is 4.04. The first-order valence-corrected chi connectivity index (χ1v) is 7.68. The number of pyridine rings is 1. The molecular weight excluding hydrogens is 296 g/mol. The average Bonchev–Trinajstić information content (AvgIpc) is 2.98. The molecule has 2 aromatic heterocycles. The summed E-state index contributed by atoms with van der Waals surface area (Å²) in [6.45, 7) is 2.70. The van der Waals surface area contributed by atoms with Crippen LogP contribution in [0.1, 0.15) is 22.3 Å². The largest absolute Gasteiger partial charge is 0.479 e. The van der Waals surface area contributed by atoms with Gasteiger partial charge in [-0.1, -0.05) is 6.07 Å². The third kappa shape index (κ3) is 2.62. The number of aromatic nitrogens is 3. The first-order chi connectivity index (χ1) is 11.1. The lowest BCUT2D eigenvalue weighted by Gasteiger charge is -2.18. The Hall–Kier alpha value is -2.57. The van der Waals surface area contributed by atoms with E-state index in [1.54, 1.807) is 4.68 Å². The van der Waals surface area contributed by atoms with Crippen LogP contribution in [0.5, 0.6) is 5.88 Å². The molecule has 0 radical (unpaired) electrons. The molecule has 1 saturated heterocycles. The van der Waals surface area contributed by atoms with Gasteiger partial charge in [-0.05, 0) is 29.9 Å². The summed E-state index contributed by atoms with van der Waals surface area (Å²) in [5.74, 6) is 1.85. The number of hydrogen-bond acceptors (Lipinski definition) is 5. The maximum Gasteiger partial charge on any atom is 0.342 e. The molecule has 3 heterocycles. The highest BCUT2D eigenvalue weighted by Gasteiger charge is 2.45. The summed E-state index contributed by atoms with van der Waals surface area (Å²) < 4.78 is 6.55. The maximum absolute atomic E-state index is 11.1. The molecule has 23 heavy (non-hydrogen) atoms. The second-order valence-corrected chi connectivity index (χ2v) is 6.24. The topological polar surface area (TPSA) is 80.5 Å². The number of carboxylic acid groups (broad SMARTS) is 1. The molecule has 2 aliphatic rings. The SMILES string of the molecule is COc1nn(Cc2ccc(N3CC4CC4C3)nc2)cc1C(=O)O. The van der Waals surface area contributed by atoms with Crippen LogP contribution in [-0.2, 0) is 6.54 Å². The first kappa shape index (κ1) is 14.0. The van der Waals surface area contributed by atoms with Gasteiger partial charge in [0.25, 0.3) is 0 Å². The van der Waals surface area contributed by atoms with Gasteiger partial charge in [0.05, 0.1) is 13.7 Å². The normalized spacial score (nSPS) is 22.0. The van der Waals surface area contributed by atoms with Crippen LogP contribution < -0.4 is 9.64 Å². The Morgan fingerprint density at radius 1 is 1.39 bits per heavy atom. The van der Waals surface area contributed by atoms with Gasteiger partial charge in [-0.2, -0.15) is 0 Å². The molecule has 0 spiro atoms. The van der Waals surface area contributed by atoms with E-state index in [-0.39, 0.29) is 11.4 Å². The Morgan fingerprint density at radius 2 is 2.17 bits per heavy atom. The zero-order valence-electron chi connectivity index (χ0n) is 12.8. The van der Waals surface area contributed by atoms with E-state index >= 15 is 0 Å². The van der Waals surface area contributed by atoms with Crippen molar-refractivity contribution in [3.05, 3.63) is 35.7 Å².